The molecule has 1 aliphatic heterocycles. The van der Waals surface area contributed by atoms with Crippen LogP contribution in [0.3, 0.4) is 0 Å². The van der Waals surface area contributed by atoms with Gasteiger partial charge in [-0.05, 0) is 38.3 Å². The number of alkyl halides is 2. The average molecular weight is 405 g/mol. The van der Waals surface area contributed by atoms with Crippen molar-refractivity contribution in [3.05, 3.63) is 45.2 Å². The zero-order valence-electron chi connectivity index (χ0n) is 15.9. The van der Waals surface area contributed by atoms with E-state index in [1.165, 1.54) is 16.9 Å². The molecule has 4 heterocycles. The van der Waals surface area contributed by atoms with Gasteiger partial charge in [0.2, 0.25) is 0 Å². The largest absolute Gasteiger partial charge is 0.338 e. The highest BCUT2D eigenvalue weighted by Crippen LogP contribution is 2.34. The highest BCUT2D eigenvalue weighted by atomic mass is 32.1. The summed E-state index contributed by atoms with van der Waals surface area (Å²) in [6.07, 6.45) is -0.579. The summed E-state index contributed by atoms with van der Waals surface area (Å²) >= 11 is 1.61. The van der Waals surface area contributed by atoms with Gasteiger partial charge in [0.15, 0.2) is 0 Å². The highest BCUT2D eigenvalue weighted by molar-refractivity contribution is 7.12. The van der Waals surface area contributed by atoms with Crippen molar-refractivity contribution in [1.82, 2.24) is 24.5 Å². The van der Waals surface area contributed by atoms with E-state index >= 15 is 0 Å². The molecule has 1 fully saturated rings. The first kappa shape index (κ1) is 18.9. The zero-order chi connectivity index (χ0) is 20.0. The van der Waals surface area contributed by atoms with Crippen LogP contribution < -0.4 is 0 Å². The summed E-state index contributed by atoms with van der Waals surface area (Å²) < 4.78 is 28.2. The van der Waals surface area contributed by atoms with Crippen LogP contribution in [-0.4, -0.2) is 43.5 Å². The standard InChI is InChI=1S/C19H21F2N5OS/c1-10-4-5-25(18(27)13-6-11(2)28-12(13)3)8-14(10)16-7-15(17(20)21)24-19-22-9-23-26(16)19/h6-7,9-10,14,17H,4-5,8H2,1-3H3/t10-,14-/m1/s1. The molecule has 1 aliphatic rings. The van der Waals surface area contributed by atoms with Crippen LogP contribution in [0.4, 0.5) is 8.78 Å². The molecule has 0 aliphatic carbocycles. The Hall–Kier alpha value is -2.42. The second-order valence-corrected chi connectivity index (χ2v) is 8.79. The quantitative estimate of drug-likeness (QED) is 0.661. The lowest BCUT2D eigenvalue weighted by Gasteiger charge is -2.37. The number of hydrogen-bond acceptors (Lipinski definition) is 5. The third kappa shape index (κ3) is 3.28. The van der Waals surface area contributed by atoms with Crippen molar-refractivity contribution in [2.24, 2.45) is 5.92 Å². The fraction of sp³-hybridized carbons (Fsp3) is 0.474. The minimum absolute atomic E-state index is 0.00303. The molecular weight excluding hydrogens is 384 g/mol. The Kier molecular flexibility index (Phi) is 4.86. The number of nitrogens with zero attached hydrogens (tertiary/aromatic N) is 5. The van der Waals surface area contributed by atoms with Gasteiger partial charge in [-0.3, -0.25) is 4.79 Å². The van der Waals surface area contributed by atoms with Gasteiger partial charge in [0.1, 0.15) is 12.0 Å². The number of amides is 1. The second kappa shape index (κ2) is 7.20. The van der Waals surface area contributed by atoms with E-state index in [-0.39, 0.29) is 29.2 Å². The van der Waals surface area contributed by atoms with Gasteiger partial charge in [-0.15, -0.1) is 11.3 Å². The number of likely N-dealkylation sites (tertiary alicyclic amines) is 1. The van der Waals surface area contributed by atoms with Crippen LogP contribution in [0, 0.1) is 19.8 Å². The molecule has 2 atom stereocenters. The number of halogens is 2. The number of fused-ring (bicyclic) bond motifs is 1. The number of aromatic nitrogens is 4. The number of carbonyl (C=O) groups excluding carboxylic acids is 1. The Morgan fingerprint density at radius 1 is 1.32 bits per heavy atom. The molecule has 0 aromatic carbocycles. The SMILES string of the molecule is Cc1cc(C(=O)N2CC[C@@H](C)[C@H](c3cc(C(F)F)nc4ncnn34)C2)c(C)s1. The lowest BCUT2D eigenvalue weighted by atomic mass is 9.84. The predicted octanol–water partition coefficient (Wildman–Crippen LogP) is 4.01. The fourth-order valence-corrected chi connectivity index (χ4v) is 4.80. The molecule has 0 spiro atoms. The molecule has 0 radical (unpaired) electrons. The number of rotatable bonds is 3. The third-order valence-corrected chi connectivity index (χ3v) is 6.39. The molecule has 1 amide bonds. The molecule has 0 unspecified atom stereocenters. The number of aryl methyl sites for hydroxylation is 2. The van der Waals surface area contributed by atoms with Crippen molar-refractivity contribution in [2.75, 3.05) is 13.1 Å². The molecule has 0 N–H and O–H groups in total. The Morgan fingerprint density at radius 2 is 2.11 bits per heavy atom. The van der Waals surface area contributed by atoms with Gasteiger partial charge < -0.3 is 4.90 Å². The minimum atomic E-state index is -2.69. The molecule has 0 saturated carbocycles. The molecule has 28 heavy (non-hydrogen) atoms. The van der Waals surface area contributed by atoms with E-state index < -0.39 is 6.43 Å². The summed E-state index contributed by atoms with van der Waals surface area (Å²) in [7, 11) is 0. The normalized spacial score (nSPS) is 20.3. The Bertz CT molecular complexity index is 1030. The van der Waals surface area contributed by atoms with E-state index in [2.05, 4.69) is 22.0 Å². The van der Waals surface area contributed by atoms with E-state index in [4.69, 9.17) is 0 Å². The first-order valence-electron chi connectivity index (χ1n) is 9.20. The lowest BCUT2D eigenvalue weighted by molar-refractivity contribution is 0.0665. The molecular formula is C19H21F2N5OS. The third-order valence-electron chi connectivity index (χ3n) is 5.42. The van der Waals surface area contributed by atoms with Crippen molar-refractivity contribution in [3.8, 4) is 0 Å². The molecule has 3 aromatic rings. The maximum Gasteiger partial charge on any atom is 0.280 e. The smallest absolute Gasteiger partial charge is 0.280 e. The number of piperidine rings is 1. The van der Waals surface area contributed by atoms with E-state index in [0.29, 0.717) is 18.8 Å². The molecule has 1 saturated heterocycles. The van der Waals surface area contributed by atoms with Crippen LogP contribution in [0.5, 0.6) is 0 Å². The number of carbonyl (C=O) groups is 1. The van der Waals surface area contributed by atoms with Crippen molar-refractivity contribution >= 4 is 23.0 Å². The summed E-state index contributed by atoms with van der Waals surface area (Å²) in [4.78, 5) is 24.9. The van der Waals surface area contributed by atoms with Gasteiger partial charge in [-0.2, -0.15) is 10.1 Å². The Morgan fingerprint density at radius 3 is 2.79 bits per heavy atom. The van der Waals surface area contributed by atoms with Crippen LogP contribution >= 0.6 is 11.3 Å². The van der Waals surface area contributed by atoms with Gasteiger partial charge in [0.05, 0.1) is 11.3 Å². The van der Waals surface area contributed by atoms with Crippen LogP contribution in [0.25, 0.3) is 5.78 Å². The van der Waals surface area contributed by atoms with Gasteiger partial charge in [0, 0.05) is 28.8 Å². The molecule has 9 heteroatoms. The van der Waals surface area contributed by atoms with Crippen LogP contribution in [-0.2, 0) is 0 Å². The first-order chi connectivity index (χ1) is 13.3. The Labute approximate surface area is 165 Å². The van der Waals surface area contributed by atoms with Crippen molar-refractivity contribution in [3.63, 3.8) is 0 Å². The number of thiophene rings is 1. The molecule has 0 bridgehead atoms. The van der Waals surface area contributed by atoms with Gasteiger partial charge in [-0.25, -0.2) is 18.3 Å². The van der Waals surface area contributed by atoms with Crippen molar-refractivity contribution in [2.45, 2.75) is 39.5 Å². The van der Waals surface area contributed by atoms with Crippen LogP contribution in [0.1, 0.15) is 57.2 Å². The van der Waals surface area contributed by atoms with E-state index in [0.717, 1.165) is 21.7 Å². The maximum atomic E-state index is 13.3. The lowest BCUT2D eigenvalue weighted by Crippen LogP contribution is -2.42. The molecule has 3 aromatic heterocycles. The molecule has 6 nitrogen and oxygen atoms in total. The highest BCUT2D eigenvalue weighted by Gasteiger charge is 2.33. The predicted molar refractivity (Wildman–Crippen MR) is 102 cm³/mol. The summed E-state index contributed by atoms with van der Waals surface area (Å²) in [5.74, 6) is 0.251. The first-order valence-corrected chi connectivity index (χ1v) is 10.0. The van der Waals surface area contributed by atoms with E-state index in [9.17, 15) is 13.6 Å². The van der Waals surface area contributed by atoms with Crippen molar-refractivity contribution < 1.29 is 13.6 Å². The Balaban J connectivity index is 1.70. The fourth-order valence-electron chi connectivity index (χ4n) is 3.88. The van der Waals surface area contributed by atoms with E-state index in [1.54, 1.807) is 11.3 Å². The molecule has 148 valence electrons. The topological polar surface area (TPSA) is 63.4 Å². The second-order valence-electron chi connectivity index (χ2n) is 7.33. The molecule has 4 rings (SSSR count). The average Bonchev–Trinajstić information content (AvgIpc) is 3.26. The van der Waals surface area contributed by atoms with E-state index in [1.807, 2.05) is 24.8 Å². The zero-order valence-corrected chi connectivity index (χ0v) is 16.7. The van der Waals surface area contributed by atoms with Gasteiger partial charge >= 0.3 is 0 Å². The number of hydrogen-bond donors (Lipinski definition) is 0. The van der Waals surface area contributed by atoms with Crippen molar-refractivity contribution in [1.29, 1.82) is 0 Å². The summed E-state index contributed by atoms with van der Waals surface area (Å²) in [5, 5.41) is 4.17. The van der Waals surface area contributed by atoms with Gasteiger partial charge in [0.25, 0.3) is 18.1 Å². The maximum absolute atomic E-state index is 13.3. The van der Waals surface area contributed by atoms with Crippen LogP contribution in [0.2, 0.25) is 0 Å². The minimum Gasteiger partial charge on any atom is -0.338 e. The summed E-state index contributed by atoms with van der Waals surface area (Å²) in [6, 6.07) is 3.33. The summed E-state index contributed by atoms with van der Waals surface area (Å²) in [5.41, 5.74) is 1.04. The summed E-state index contributed by atoms with van der Waals surface area (Å²) in [6.45, 7) is 7.12. The monoisotopic (exact) mass is 405 g/mol. The van der Waals surface area contributed by atoms with Crippen LogP contribution in [0.15, 0.2) is 18.5 Å². The van der Waals surface area contributed by atoms with Gasteiger partial charge in [-0.1, -0.05) is 6.92 Å².